The van der Waals surface area contributed by atoms with Crippen LogP contribution in [0.1, 0.15) is 49.1 Å². The lowest BCUT2D eigenvalue weighted by atomic mass is 9.79. The molecule has 0 radical (unpaired) electrons. The molecule has 0 amide bonds. The molecular formula is C44H32O22. The number of esters is 2. The number of carbonyl (C=O) groups is 4. The zero-order chi connectivity index (χ0) is 47.8. The van der Waals surface area contributed by atoms with Crippen molar-refractivity contribution < 1.29 is 110 Å². The van der Waals surface area contributed by atoms with Gasteiger partial charge in [-0.15, -0.1) is 0 Å². The van der Waals surface area contributed by atoms with Crippen molar-refractivity contribution in [3.63, 3.8) is 0 Å². The van der Waals surface area contributed by atoms with Gasteiger partial charge < -0.3 is 90.4 Å². The van der Waals surface area contributed by atoms with E-state index in [0.717, 1.165) is 30.3 Å². The van der Waals surface area contributed by atoms with Crippen LogP contribution in [-0.4, -0.2) is 113 Å². The molecule has 5 aromatic carbocycles. The van der Waals surface area contributed by atoms with E-state index in [1.165, 1.54) is 0 Å². The van der Waals surface area contributed by atoms with Gasteiger partial charge in [0.05, 0.1) is 11.1 Å². The summed E-state index contributed by atoms with van der Waals surface area (Å²) in [5, 5.41) is 148. The number of phenolic OH excluding ortho intramolecular Hbond substituents is 13. The van der Waals surface area contributed by atoms with Crippen LogP contribution in [0.25, 0.3) is 5.57 Å². The van der Waals surface area contributed by atoms with Crippen LogP contribution in [0.2, 0.25) is 0 Å². The minimum Gasteiger partial charge on any atom is -0.508 e. The third kappa shape index (κ3) is 7.32. The number of ketones is 2. The Bertz CT molecular complexity index is 2990. The van der Waals surface area contributed by atoms with Gasteiger partial charge in [-0.1, -0.05) is 0 Å². The summed E-state index contributed by atoms with van der Waals surface area (Å²) in [5.74, 6) is -19.7. The molecule has 66 heavy (non-hydrogen) atoms. The Balaban J connectivity index is 1.31. The van der Waals surface area contributed by atoms with Gasteiger partial charge in [0, 0.05) is 70.5 Å². The fraction of sp³-hybridized carbons (Fsp3) is 0.136. The first-order valence-corrected chi connectivity index (χ1v) is 19.0. The summed E-state index contributed by atoms with van der Waals surface area (Å²) in [4.78, 5) is 54.1. The average Bonchev–Trinajstić information content (AvgIpc) is 3.25. The summed E-state index contributed by atoms with van der Waals surface area (Å²) < 4.78 is 23.7. The number of allylic oxidation sites excluding steroid dienone is 2. The second-order valence-corrected chi connectivity index (χ2v) is 15.1. The first-order valence-electron chi connectivity index (χ1n) is 19.0. The predicted molar refractivity (Wildman–Crippen MR) is 215 cm³/mol. The first kappa shape index (κ1) is 43.3. The Hall–Kier alpha value is -9.34. The number of ether oxygens (including phenoxy) is 4. The number of aromatic hydroxyl groups is 13. The Morgan fingerprint density at radius 2 is 0.924 bits per heavy atom. The van der Waals surface area contributed by atoms with E-state index in [4.69, 9.17) is 18.9 Å². The van der Waals surface area contributed by atoms with Gasteiger partial charge in [-0.2, -0.15) is 0 Å². The van der Waals surface area contributed by atoms with E-state index < -0.39 is 175 Å². The van der Waals surface area contributed by atoms with Gasteiger partial charge in [-0.3, -0.25) is 9.59 Å². The molecule has 5 aromatic rings. The lowest BCUT2D eigenvalue weighted by Crippen LogP contribution is -2.44. The molecule has 1 aliphatic carbocycles. The second-order valence-electron chi connectivity index (χ2n) is 15.1. The van der Waals surface area contributed by atoms with Crippen LogP contribution < -0.4 is 9.47 Å². The highest BCUT2D eigenvalue weighted by Crippen LogP contribution is 2.53. The molecule has 14 N–H and O–H groups in total. The molecule has 0 fully saturated rings. The summed E-state index contributed by atoms with van der Waals surface area (Å²) in [6, 6.07) is 7.37. The molecule has 0 saturated heterocycles. The first-order chi connectivity index (χ1) is 31.1. The number of benzene rings is 5. The monoisotopic (exact) mass is 912 g/mol. The van der Waals surface area contributed by atoms with Crippen molar-refractivity contribution in [2.24, 2.45) is 0 Å². The number of phenols is 13. The third-order valence-corrected chi connectivity index (χ3v) is 10.9. The topological polar surface area (TPSA) is 388 Å². The lowest BCUT2D eigenvalue weighted by molar-refractivity contribution is -0.133. The predicted octanol–water partition coefficient (Wildman–Crippen LogP) is 3.34. The Kier molecular flexibility index (Phi) is 10.4. The standard InChI is InChI=1S/C44H32O22/c45-15-5-21(47)17-11-31(65-43(61)13-1-23(49)35(55)24(50)2-13)41(63-29(17)7-15)19-9-27(53)37(57)39(59)33(19)34-20(10-28(54)38(58)40(34)60)42-32(12-18-22(48)6-16(46)8-30(18)64-42)66-44(62)14-3-25(51)36(56)26(52)4-14/h1-10,31-32,41-42,45-53,55-57,59-60H,11-12H2/t31-,32-,41-,42-/m1/s1. The summed E-state index contributed by atoms with van der Waals surface area (Å²) in [6.07, 6.45) is -7.91. The van der Waals surface area contributed by atoms with Crippen LogP contribution in [0.3, 0.4) is 0 Å². The fourth-order valence-corrected chi connectivity index (χ4v) is 7.77. The smallest absolute Gasteiger partial charge is 0.338 e. The van der Waals surface area contributed by atoms with Crippen LogP contribution in [0.5, 0.6) is 86.2 Å². The van der Waals surface area contributed by atoms with Crippen molar-refractivity contribution in [1.29, 1.82) is 0 Å². The highest BCUT2D eigenvalue weighted by Gasteiger charge is 2.46. The minimum absolute atomic E-state index is 0.103. The van der Waals surface area contributed by atoms with Crippen LogP contribution in [0.4, 0.5) is 0 Å². The molecule has 2 heterocycles. The molecule has 0 spiro atoms. The maximum absolute atomic E-state index is 13.7. The second kappa shape index (κ2) is 15.8. The van der Waals surface area contributed by atoms with E-state index >= 15 is 0 Å². The van der Waals surface area contributed by atoms with Crippen molar-refractivity contribution >= 4 is 29.1 Å². The largest absolute Gasteiger partial charge is 0.508 e. The van der Waals surface area contributed by atoms with Crippen molar-refractivity contribution in [3.05, 3.63) is 105 Å². The number of hydrogen-bond acceptors (Lipinski definition) is 22. The molecule has 0 saturated carbocycles. The van der Waals surface area contributed by atoms with Crippen molar-refractivity contribution in [2.45, 2.75) is 37.3 Å². The Morgan fingerprint density at radius 3 is 1.39 bits per heavy atom. The molecule has 2 aliphatic heterocycles. The van der Waals surface area contributed by atoms with Crippen LogP contribution in [-0.2, 0) is 31.9 Å². The van der Waals surface area contributed by atoms with Crippen LogP contribution in [0, 0.1) is 0 Å². The molecule has 4 atom stereocenters. The summed E-state index contributed by atoms with van der Waals surface area (Å²) in [6.45, 7) is 0. The zero-order valence-electron chi connectivity index (χ0n) is 33.0. The van der Waals surface area contributed by atoms with E-state index in [-0.39, 0.29) is 22.6 Å². The van der Waals surface area contributed by atoms with Crippen molar-refractivity contribution in [3.8, 4) is 86.2 Å². The normalized spacial score (nSPS) is 18.9. The van der Waals surface area contributed by atoms with Gasteiger partial charge in [0.1, 0.15) is 46.7 Å². The Morgan fingerprint density at radius 1 is 0.500 bits per heavy atom. The van der Waals surface area contributed by atoms with Gasteiger partial charge in [0.15, 0.2) is 64.0 Å². The van der Waals surface area contributed by atoms with Gasteiger partial charge in [-0.05, 0) is 36.4 Å². The number of rotatable bonds is 7. The number of aliphatic hydroxyl groups excluding tert-OH is 1. The maximum atomic E-state index is 13.7. The minimum atomic E-state index is -1.94. The van der Waals surface area contributed by atoms with Crippen molar-refractivity contribution in [1.82, 2.24) is 0 Å². The molecule has 0 aromatic heterocycles. The molecule has 3 aliphatic rings. The fourth-order valence-electron chi connectivity index (χ4n) is 7.77. The van der Waals surface area contributed by atoms with E-state index in [2.05, 4.69) is 0 Å². The van der Waals surface area contributed by atoms with Crippen LogP contribution in [0.15, 0.2) is 72.0 Å². The zero-order valence-corrected chi connectivity index (χ0v) is 33.0. The maximum Gasteiger partial charge on any atom is 0.338 e. The quantitative estimate of drug-likeness (QED) is 0.0482. The molecular weight excluding hydrogens is 880 g/mol. The molecule has 22 nitrogen and oxygen atoms in total. The van der Waals surface area contributed by atoms with Gasteiger partial charge >= 0.3 is 11.9 Å². The number of Topliss-reactive ketones (excluding diaryl/α,β-unsaturated/α-hetero) is 1. The average molecular weight is 913 g/mol. The third-order valence-electron chi connectivity index (χ3n) is 10.9. The van der Waals surface area contributed by atoms with E-state index in [1.54, 1.807) is 0 Å². The summed E-state index contributed by atoms with van der Waals surface area (Å²) >= 11 is 0. The van der Waals surface area contributed by atoms with Crippen LogP contribution >= 0.6 is 0 Å². The molecule has 22 heteroatoms. The number of carbonyl (C=O) groups excluding carboxylic acids is 4. The number of aliphatic hydroxyl groups is 1. The lowest BCUT2D eigenvalue weighted by Gasteiger charge is -2.38. The molecule has 8 rings (SSSR count). The van der Waals surface area contributed by atoms with Gasteiger partial charge in [0.2, 0.25) is 11.5 Å². The molecule has 0 unspecified atom stereocenters. The number of fused-ring (bicyclic) bond motifs is 2. The molecule has 0 bridgehead atoms. The SMILES string of the molecule is O=C1C=C([C@H]2Oc3cc(O)cc(O)c3C[C@H]2OC(=O)c2cc(O)c(O)c(O)c2)C(c2c([C@H]3Oc4cc(O)cc(O)c4C[C@H]3OC(=O)c3cc(O)c(O)c(O)c3)cc(O)c(O)c2O)=C(O)C1=O. The highest BCUT2D eigenvalue weighted by molar-refractivity contribution is 6.50. The summed E-state index contributed by atoms with van der Waals surface area (Å²) in [7, 11) is 0. The van der Waals surface area contributed by atoms with Gasteiger partial charge in [-0.25, -0.2) is 9.59 Å². The Labute approximate surface area is 367 Å². The highest BCUT2D eigenvalue weighted by atomic mass is 16.6. The van der Waals surface area contributed by atoms with Crippen molar-refractivity contribution in [2.75, 3.05) is 0 Å². The van der Waals surface area contributed by atoms with Gasteiger partial charge in [0.25, 0.3) is 5.78 Å². The summed E-state index contributed by atoms with van der Waals surface area (Å²) in [5.41, 5.74) is -4.34. The number of hydrogen-bond donors (Lipinski definition) is 14. The van der Waals surface area contributed by atoms with E-state index in [0.29, 0.717) is 30.3 Å². The van der Waals surface area contributed by atoms with E-state index in [1.807, 2.05) is 0 Å². The van der Waals surface area contributed by atoms with E-state index in [9.17, 15) is 90.7 Å². The molecule has 340 valence electrons.